The number of rotatable bonds is 5. The van der Waals surface area contributed by atoms with Gasteiger partial charge in [-0.15, -0.1) is 0 Å². The van der Waals surface area contributed by atoms with Gasteiger partial charge in [0.25, 0.3) is 0 Å². The molecule has 10 heteroatoms. The van der Waals surface area contributed by atoms with Crippen LogP contribution in [0.1, 0.15) is 55.0 Å². The maximum absolute atomic E-state index is 14.4. The molecule has 0 saturated carbocycles. The van der Waals surface area contributed by atoms with Gasteiger partial charge in [0, 0.05) is 60.5 Å². The van der Waals surface area contributed by atoms with Gasteiger partial charge in [0.2, 0.25) is 0 Å². The molecule has 0 radical (unpaired) electrons. The quantitative estimate of drug-likeness (QED) is 0.450. The minimum absolute atomic E-state index is 0.177. The number of phenols is 1. The first-order valence-corrected chi connectivity index (χ1v) is 15.3. The molecule has 0 amide bonds. The summed E-state index contributed by atoms with van der Waals surface area (Å²) < 4.78 is 27.3. The largest absolute Gasteiger partial charge is 0.508 e. The Morgan fingerprint density at radius 1 is 1.17 bits per heavy atom. The van der Waals surface area contributed by atoms with Gasteiger partial charge in [-0.25, -0.2) is 4.39 Å². The highest BCUT2D eigenvalue weighted by molar-refractivity contribution is 6.35. The number of phenolic OH excluding ortho intramolecular Hbond substituents is 1. The summed E-state index contributed by atoms with van der Waals surface area (Å²) in [7, 11) is 0. The Labute approximate surface area is 243 Å². The summed E-state index contributed by atoms with van der Waals surface area (Å²) in [5.74, 6) is 1.06. The minimum Gasteiger partial charge on any atom is -0.508 e. The topological polar surface area (TPSA) is 83.0 Å². The van der Waals surface area contributed by atoms with Crippen molar-refractivity contribution in [2.24, 2.45) is 0 Å². The molecule has 41 heavy (non-hydrogen) atoms. The standard InChI is InChI=1S/C31H35ClFN5O3/c32-25-4-1-3-18-9-22(39)10-23(28(18)25)27-11-26-24(16-40-27)29(37-14-20-5-6-21(15-37)34-20)36-30(35-26)41-17-31-7-2-8-38(31)13-19(33)12-31/h1,3-4,9-10,19-21,27,34,39H,2,5-8,11-17H2/t19-,20?,21?,27-,31+/m1/s1. The maximum Gasteiger partial charge on any atom is 0.318 e. The van der Waals surface area contributed by atoms with Crippen molar-refractivity contribution >= 4 is 28.2 Å². The van der Waals surface area contributed by atoms with Gasteiger partial charge < -0.3 is 24.8 Å². The Bertz CT molecular complexity index is 1500. The number of nitrogens with zero attached hydrogens (tertiary/aromatic N) is 4. The molecule has 4 saturated heterocycles. The first-order valence-electron chi connectivity index (χ1n) is 14.9. The van der Waals surface area contributed by atoms with E-state index >= 15 is 0 Å². The summed E-state index contributed by atoms with van der Waals surface area (Å²) in [5, 5.41) is 16.6. The number of aromatic hydroxyl groups is 1. The SMILES string of the molecule is Oc1cc([C@H]2Cc3nc(OC[C@@]45CCCN4C[C@H](F)C5)nc(N4CC5CCC(C4)N5)c3CO2)c2c(Cl)cccc2c1. The maximum atomic E-state index is 14.4. The molecule has 5 aliphatic rings. The lowest BCUT2D eigenvalue weighted by atomic mass is 9.94. The third-order valence-electron chi connectivity index (χ3n) is 9.89. The Balaban J connectivity index is 1.15. The number of hydrogen-bond donors (Lipinski definition) is 2. The van der Waals surface area contributed by atoms with E-state index in [-0.39, 0.29) is 17.4 Å². The van der Waals surface area contributed by atoms with E-state index in [1.165, 1.54) is 12.8 Å². The fourth-order valence-electron chi connectivity index (χ4n) is 8.03. The molecule has 5 aliphatic heterocycles. The number of halogens is 2. The van der Waals surface area contributed by atoms with Crippen molar-refractivity contribution in [1.82, 2.24) is 20.2 Å². The molecule has 4 fully saturated rings. The fraction of sp³-hybridized carbons (Fsp3) is 0.548. The molecule has 216 valence electrons. The molecule has 0 spiro atoms. The number of ether oxygens (including phenoxy) is 2. The average molecular weight is 580 g/mol. The fourth-order valence-corrected chi connectivity index (χ4v) is 8.32. The van der Waals surface area contributed by atoms with Crippen molar-refractivity contribution in [2.75, 3.05) is 37.7 Å². The van der Waals surface area contributed by atoms with Gasteiger partial charge in [-0.3, -0.25) is 4.90 Å². The minimum atomic E-state index is -0.808. The van der Waals surface area contributed by atoms with E-state index in [2.05, 4.69) is 15.1 Å². The molecule has 2 N–H and O–H groups in total. The lowest BCUT2D eigenvalue weighted by Crippen LogP contribution is -2.52. The van der Waals surface area contributed by atoms with Gasteiger partial charge in [-0.05, 0) is 61.4 Å². The summed E-state index contributed by atoms with van der Waals surface area (Å²) in [6, 6.07) is 10.4. The number of benzene rings is 2. The first-order chi connectivity index (χ1) is 19.9. The highest BCUT2D eigenvalue weighted by atomic mass is 35.5. The summed E-state index contributed by atoms with van der Waals surface area (Å²) >= 11 is 6.65. The Morgan fingerprint density at radius 3 is 2.88 bits per heavy atom. The van der Waals surface area contributed by atoms with Crippen LogP contribution in [-0.2, 0) is 17.8 Å². The van der Waals surface area contributed by atoms with E-state index in [0.29, 0.717) is 55.7 Å². The normalized spacial score (nSPS) is 31.0. The second kappa shape index (κ2) is 9.93. The van der Waals surface area contributed by atoms with Gasteiger partial charge >= 0.3 is 6.01 Å². The molecule has 8 rings (SSSR count). The highest BCUT2D eigenvalue weighted by Crippen LogP contribution is 2.43. The lowest BCUT2D eigenvalue weighted by molar-refractivity contribution is 0.0262. The van der Waals surface area contributed by atoms with Crippen molar-refractivity contribution in [3.63, 3.8) is 0 Å². The van der Waals surface area contributed by atoms with Crippen molar-refractivity contribution in [3.05, 3.63) is 52.2 Å². The highest BCUT2D eigenvalue weighted by Gasteiger charge is 2.49. The van der Waals surface area contributed by atoms with Crippen molar-refractivity contribution < 1.29 is 19.0 Å². The van der Waals surface area contributed by atoms with Gasteiger partial charge in [0.15, 0.2) is 0 Å². The second-order valence-corrected chi connectivity index (χ2v) is 12.9. The number of alkyl halides is 1. The van der Waals surface area contributed by atoms with Gasteiger partial charge in [0.05, 0.1) is 23.9 Å². The van der Waals surface area contributed by atoms with Gasteiger partial charge in [0.1, 0.15) is 24.3 Å². The van der Waals surface area contributed by atoms with Crippen LogP contribution in [0.3, 0.4) is 0 Å². The van der Waals surface area contributed by atoms with E-state index in [1.54, 1.807) is 12.1 Å². The average Bonchev–Trinajstić information content (AvgIpc) is 3.61. The molecule has 2 bridgehead atoms. The van der Waals surface area contributed by atoms with Crippen LogP contribution in [0.4, 0.5) is 10.2 Å². The van der Waals surface area contributed by atoms with Crippen molar-refractivity contribution in [3.8, 4) is 11.8 Å². The third kappa shape index (κ3) is 4.52. The summed E-state index contributed by atoms with van der Waals surface area (Å²) in [6.45, 7) is 3.93. The second-order valence-electron chi connectivity index (χ2n) is 12.5. The van der Waals surface area contributed by atoms with Crippen LogP contribution in [0.2, 0.25) is 5.02 Å². The van der Waals surface area contributed by atoms with Crippen LogP contribution in [-0.4, -0.2) is 76.6 Å². The number of piperazine rings is 1. The van der Waals surface area contributed by atoms with Gasteiger partial charge in [-0.2, -0.15) is 9.97 Å². The predicted molar refractivity (Wildman–Crippen MR) is 155 cm³/mol. The summed E-state index contributed by atoms with van der Waals surface area (Å²) in [6.07, 6.45) is 4.22. The summed E-state index contributed by atoms with van der Waals surface area (Å²) in [4.78, 5) is 14.6. The zero-order valence-electron chi connectivity index (χ0n) is 23.0. The molecule has 1 aromatic heterocycles. The monoisotopic (exact) mass is 579 g/mol. The van der Waals surface area contributed by atoms with Crippen LogP contribution in [0.25, 0.3) is 10.8 Å². The van der Waals surface area contributed by atoms with E-state index in [1.807, 2.05) is 18.2 Å². The molecule has 3 aromatic rings. The molecule has 0 aliphatic carbocycles. The van der Waals surface area contributed by atoms with E-state index < -0.39 is 6.17 Å². The first kappa shape index (κ1) is 25.9. The van der Waals surface area contributed by atoms with Gasteiger partial charge in [-0.1, -0.05) is 23.7 Å². The zero-order valence-corrected chi connectivity index (χ0v) is 23.7. The predicted octanol–water partition coefficient (Wildman–Crippen LogP) is 4.70. The Kier molecular flexibility index (Phi) is 6.29. The van der Waals surface area contributed by atoms with Crippen LogP contribution in [0.15, 0.2) is 30.3 Å². The van der Waals surface area contributed by atoms with E-state index in [9.17, 15) is 9.50 Å². The number of hydrogen-bond acceptors (Lipinski definition) is 8. The Morgan fingerprint density at radius 2 is 2.02 bits per heavy atom. The molecule has 5 atom stereocenters. The number of nitrogens with one attached hydrogen (secondary N) is 1. The molecule has 2 aromatic carbocycles. The third-order valence-corrected chi connectivity index (χ3v) is 10.2. The number of aromatic nitrogens is 2. The number of anilines is 1. The lowest BCUT2D eigenvalue weighted by Gasteiger charge is -2.37. The molecule has 2 unspecified atom stereocenters. The molecular weight excluding hydrogens is 545 g/mol. The van der Waals surface area contributed by atoms with Crippen molar-refractivity contribution in [2.45, 2.75) is 75.0 Å². The van der Waals surface area contributed by atoms with Crippen LogP contribution >= 0.6 is 11.6 Å². The zero-order chi connectivity index (χ0) is 27.7. The summed E-state index contributed by atoms with van der Waals surface area (Å²) in [5.41, 5.74) is 2.47. The van der Waals surface area contributed by atoms with Crippen LogP contribution < -0.4 is 15.0 Å². The smallest absolute Gasteiger partial charge is 0.318 e. The number of fused-ring (bicyclic) bond motifs is 5. The van der Waals surface area contributed by atoms with Crippen molar-refractivity contribution in [1.29, 1.82) is 0 Å². The van der Waals surface area contributed by atoms with Crippen LogP contribution in [0.5, 0.6) is 11.8 Å². The van der Waals surface area contributed by atoms with E-state index in [0.717, 1.165) is 65.9 Å². The molecule has 8 nitrogen and oxygen atoms in total. The Hall–Kier alpha value is -2.72. The molecular formula is C31H35ClFN5O3. The van der Waals surface area contributed by atoms with Crippen LogP contribution in [0, 0.1) is 0 Å². The molecule has 6 heterocycles. The van der Waals surface area contributed by atoms with E-state index in [4.69, 9.17) is 31.0 Å².